The highest BCUT2D eigenvalue weighted by molar-refractivity contribution is 6.09. The summed E-state index contributed by atoms with van der Waals surface area (Å²) in [6.45, 7) is 0. The van der Waals surface area contributed by atoms with Crippen molar-refractivity contribution in [1.29, 1.82) is 5.26 Å². The van der Waals surface area contributed by atoms with E-state index in [1.807, 2.05) is 6.07 Å². The summed E-state index contributed by atoms with van der Waals surface area (Å²) in [5, 5.41) is 30.4. The van der Waals surface area contributed by atoms with Crippen molar-refractivity contribution in [3.05, 3.63) is 47.5 Å². The molecule has 0 aliphatic rings. The maximum atomic E-state index is 12.0. The van der Waals surface area contributed by atoms with E-state index < -0.39 is 5.91 Å². The molecule has 0 aliphatic heterocycles. The maximum absolute atomic E-state index is 12.0. The lowest BCUT2D eigenvalue weighted by Crippen LogP contribution is -2.13. The number of carbonyl (C=O) groups excluding carboxylic acids is 1. The Morgan fingerprint density at radius 1 is 1.20 bits per heavy atom. The highest BCUT2D eigenvalue weighted by Gasteiger charge is 2.17. The van der Waals surface area contributed by atoms with E-state index in [0.29, 0.717) is 5.56 Å². The molecular weight excluding hydrogens is 258 g/mol. The number of nitrogen functional groups attached to an aromatic ring is 1. The van der Waals surface area contributed by atoms with Gasteiger partial charge in [0.25, 0.3) is 5.91 Å². The Labute approximate surface area is 114 Å². The number of nitriles is 1. The van der Waals surface area contributed by atoms with Gasteiger partial charge in [-0.25, -0.2) is 0 Å². The molecule has 2 aromatic carbocycles. The van der Waals surface area contributed by atoms with Crippen LogP contribution in [0.3, 0.4) is 0 Å². The third-order valence-corrected chi connectivity index (χ3v) is 2.68. The van der Waals surface area contributed by atoms with Gasteiger partial charge in [0.2, 0.25) is 0 Å². The van der Waals surface area contributed by atoms with Crippen molar-refractivity contribution in [2.24, 2.45) is 0 Å². The molecule has 100 valence electrons. The highest BCUT2D eigenvalue weighted by Crippen LogP contribution is 2.28. The van der Waals surface area contributed by atoms with E-state index in [4.69, 9.17) is 11.0 Å². The third kappa shape index (κ3) is 2.47. The number of aromatic hydroxyl groups is 2. The molecule has 0 heterocycles. The van der Waals surface area contributed by atoms with Gasteiger partial charge in [-0.05, 0) is 30.3 Å². The molecule has 0 unspecified atom stereocenters. The normalized spacial score (nSPS) is 9.75. The number of anilines is 2. The molecule has 0 saturated carbocycles. The molecule has 5 N–H and O–H groups in total. The fraction of sp³-hybridized carbons (Fsp3) is 0. The summed E-state index contributed by atoms with van der Waals surface area (Å²) in [7, 11) is 0. The summed E-state index contributed by atoms with van der Waals surface area (Å²) in [5.74, 6) is -1.37. The Kier molecular flexibility index (Phi) is 3.44. The molecule has 6 nitrogen and oxygen atoms in total. The molecule has 20 heavy (non-hydrogen) atoms. The number of hydrogen-bond donors (Lipinski definition) is 4. The highest BCUT2D eigenvalue weighted by atomic mass is 16.3. The van der Waals surface area contributed by atoms with Crippen molar-refractivity contribution >= 4 is 17.3 Å². The fourth-order valence-corrected chi connectivity index (χ4v) is 1.69. The first kappa shape index (κ1) is 13.2. The monoisotopic (exact) mass is 269 g/mol. The van der Waals surface area contributed by atoms with Crippen LogP contribution < -0.4 is 11.1 Å². The zero-order valence-electron chi connectivity index (χ0n) is 10.3. The first-order chi connectivity index (χ1) is 9.52. The number of nitrogens with zero attached hydrogens (tertiary/aromatic N) is 1. The number of nitrogens with two attached hydrogens (primary N) is 1. The molecule has 0 atom stereocenters. The molecule has 6 heteroatoms. The number of phenolic OH excluding ortho intramolecular Hbond substituents is 2. The summed E-state index contributed by atoms with van der Waals surface area (Å²) in [5.41, 5.74) is 6.34. The minimum atomic E-state index is -0.697. The lowest BCUT2D eigenvalue weighted by molar-refractivity contribution is 0.102. The minimum Gasteiger partial charge on any atom is -0.507 e. The lowest BCUT2D eigenvalue weighted by Gasteiger charge is -2.10. The van der Waals surface area contributed by atoms with Gasteiger partial charge in [0.05, 0.1) is 23.0 Å². The predicted octanol–water partition coefficient (Wildman–Crippen LogP) is 1.80. The van der Waals surface area contributed by atoms with Crippen molar-refractivity contribution in [1.82, 2.24) is 0 Å². The van der Waals surface area contributed by atoms with Crippen LogP contribution >= 0.6 is 0 Å². The number of benzene rings is 2. The quantitative estimate of drug-likeness (QED) is 0.620. The summed E-state index contributed by atoms with van der Waals surface area (Å²) < 4.78 is 0. The van der Waals surface area contributed by atoms with E-state index in [9.17, 15) is 15.0 Å². The largest absolute Gasteiger partial charge is 0.507 e. The number of amides is 1. The van der Waals surface area contributed by atoms with Crippen LogP contribution in [0.25, 0.3) is 0 Å². The Hall–Kier alpha value is -3.20. The van der Waals surface area contributed by atoms with E-state index in [-0.39, 0.29) is 28.4 Å². The van der Waals surface area contributed by atoms with Crippen LogP contribution in [-0.2, 0) is 0 Å². The van der Waals surface area contributed by atoms with Crippen LogP contribution in [0.2, 0.25) is 0 Å². The third-order valence-electron chi connectivity index (χ3n) is 2.68. The van der Waals surface area contributed by atoms with Crippen molar-refractivity contribution in [2.75, 3.05) is 11.1 Å². The smallest absolute Gasteiger partial charge is 0.263 e. The van der Waals surface area contributed by atoms with Crippen LogP contribution in [0.1, 0.15) is 15.9 Å². The number of hydrogen-bond acceptors (Lipinski definition) is 5. The molecule has 0 bridgehead atoms. The molecule has 0 saturated heterocycles. The molecular formula is C14H11N3O3. The molecule has 2 rings (SSSR count). The van der Waals surface area contributed by atoms with Gasteiger partial charge in [-0.2, -0.15) is 5.26 Å². The van der Waals surface area contributed by atoms with E-state index >= 15 is 0 Å². The van der Waals surface area contributed by atoms with Crippen LogP contribution in [0.5, 0.6) is 11.5 Å². The second-order valence-corrected chi connectivity index (χ2v) is 4.04. The number of rotatable bonds is 2. The minimum absolute atomic E-state index is 0.215. The van der Waals surface area contributed by atoms with Crippen LogP contribution in [0, 0.1) is 11.3 Å². The second kappa shape index (κ2) is 5.20. The lowest BCUT2D eigenvalue weighted by atomic mass is 10.1. The fourth-order valence-electron chi connectivity index (χ4n) is 1.69. The van der Waals surface area contributed by atoms with Gasteiger partial charge in [-0.1, -0.05) is 6.07 Å². The van der Waals surface area contributed by atoms with Gasteiger partial charge in [0.1, 0.15) is 17.1 Å². The summed E-state index contributed by atoms with van der Waals surface area (Å²) in [6, 6.07) is 10.3. The average Bonchev–Trinajstić information content (AvgIpc) is 2.41. The first-order valence-electron chi connectivity index (χ1n) is 5.65. The zero-order valence-corrected chi connectivity index (χ0v) is 10.3. The second-order valence-electron chi connectivity index (χ2n) is 4.04. The molecule has 0 aliphatic carbocycles. The number of phenols is 2. The Morgan fingerprint density at radius 2 is 1.85 bits per heavy atom. The molecule has 1 amide bonds. The SMILES string of the molecule is N#Cc1ccc(NC(=O)c2c(O)cccc2O)c(N)c1. The molecule has 0 fully saturated rings. The zero-order chi connectivity index (χ0) is 14.7. The van der Waals surface area contributed by atoms with Crippen LogP contribution in [0.4, 0.5) is 11.4 Å². The standard InChI is InChI=1S/C14H11N3O3/c15-7-8-4-5-10(9(16)6-8)17-14(20)13-11(18)2-1-3-12(13)19/h1-6,18-19H,16H2,(H,17,20). The van der Waals surface area contributed by atoms with Gasteiger partial charge in [0, 0.05) is 0 Å². The van der Waals surface area contributed by atoms with Crippen molar-refractivity contribution in [3.8, 4) is 17.6 Å². The predicted molar refractivity (Wildman–Crippen MR) is 73.3 cm³/mol. The van der Waals surface area contributed by atoms with Gasteiger partial charge >= 0.3 is 0 Å². The summed E-state index contributed by atoms with van der Waals surface area (Å²) >= 11 is 0. The Balaban J connectivity index is 2.31. The average molecular weight is 269 g/mol. The van der Waals surface area contributed by atoms with Gasteiger partial charge < -0.3 is 21.3 Å². The van der Waals surface area contributed by atoms with Gasteiger partial charge in [-0.15, -0.1) is 0 Å². The molecule has 0 aromatic heterocycles. The van der Waals surface area contributed by atoms with E-state index in [2.05, 4.69) is 5.32 Å². The van der Waals surface area contributed by atoms with Crippen molar-refractivity contribution < 1.29 is 15.0 Å². The van der Waals surface area contributed by atoms with Gasteiger partial charge in [0.15, 0.2) is 0 Å². The Bertz CT molecular complexity index is 700. The van der Waals surface area contributed by atoms with Crippen LogP contribution in [-0.4, -0.2) is 16.1 Å². The summed E-state index contributed by atoms with van der Waals surface area (Å²) in [6.07, 6.45) is 0. The Morgan fingerprint density at radius 3 is 2.40 bits per heavy atom. The first-order valence-corrected chi connectivity index (χ1v) is 5.65. The van der Waals surface area contributed by atoms with Crippen molar-refractivity contribution in [2.45, 2.75) is 0 Å². The van der Waals surface area contributed by atoms with Gasteiger partial charge in [-0.3, -0.25) is 4.79 Å². The molecule has 0 spiro atoms. The molecule has 2 aromatic rings. The van der Waals surface area contributed by atoms with E-state index in [1.54, 1.807) is 0 Å². The topological polar surface area (TPSA) is 119 Å². The van der Waals surface area contributed by atoms with E-state index in [1.165, 1.54) is 36.4 Å². The summed E-state index contributed by atoms with van der Waals surface area (Å²) in [4.78, 5) is 12.0. The number of carbonyl (C=O) groups is 1. The van der Waals surface area contributed by atoms with Crippen molar-refractivity contribution in [3.63, 3.8) is 0 Å². The number of nitrogens with one attached hydrogen (secondary N) is 1. The van der Waals surface area contributed by atoms with E-state index in [0.717, 1.165) is 0 Å². The molecule has 0 radical (unpaired) electrons. The maximum Gasteiger partial charge on any atom is 0.263 e. The van der Waals surface area contributed by atoms with Crippen LogP contribution in [0.15, 0.2) is 36.4 Å².